The highest BCUT2D eigenvalue weighted by molar-refractivity contribution is 6.14. The molecule has 0 unspecified atom stereocenters. The number of hydrogen-bond acceptors (Lipinski definition) is 7. The molecule has 0 bridgehead atoms. The summed E-state index contributed by atoms with van der Waals surface area (Å²) < 4.78 is 2.06. The Kier molecular flexibility index (Phi) is 7.43. The van der Waals surface area contributed by atoms with Gasteiger partial charge in [-0.3, -0.25) is 9.36 Å². The highest BCUT2D eigenvalue weighted by Crippen LogP contribution is 2.42. The Hall–Kier alpha value is -4.47. The largest absolute Gasteiger partial charge is 0.383 e. The van der Waals surface area contributed by atoms with Gasteiger partial charge in [0.15, 0.2) is 11.5 Å². The van der Waals surface area contributed by atoms with E-state index in [-0.39, 0.29) is 11.4 Å². The topological polar surface area (TPSA) is 105 Å². The highest BCUT2D eigenvalue weighted by Gasteiger charge is 2.38. The number of nitrogen functional groups attached to an aromatic ring is 1. The minimum atomic E-state index is -0.178. The summed E-state index contributed by atoms with van der Waals surface area (Å²) in [6.45, 7) is 5.01. The molecule has 9 nitrogen and oxygen atoms in total. The third-order valence-corrected chi connectivity index (χ3v) is 9.45. The SMILES string of the molecule is CCC(=O)N1CCN(c2cccc(-c3ccc4nc(-c5cccnc5N)n(-c5ccc(C6(NCl)CCC6)cc5)c4n3)c2)CC1. The van der Waals surface area contributed by atoms with Gasteiger partial charge in [0, 0.05) is 55.7 Å². The molecule has 7 rings (SSSR count). The molecule has 1 saturated heterocycles. The number of nitrogens with two attached hydrogens (primary N) is 1. The van der Waals surface area contributed by atoms with Gasteiger partial charge < -0.3 is 15.5 Å². The summed E-state index contributed by atoms with van der Waals surface area (Å²) >= 11 is 6.18. The number of halogens is 1. The molecule has 4 heterocycles. The molecule has 2 aromatic carbocycles. The number of hydrogen-bond donors (Lipinski definition) is 2. The number of amides is 1. The fraction of sp³-hybridized carbons (Fsp3) is 0.294. The van der Waals surface area contributed by atoms with Crippen molar-refractivity contribution in [2.24, 2.45) is 0 Å². The number of nitrogens with zero attached hydrogens (tertiary/aromatic N) is 6. The maximum atomic E-state index is 12.2. The molecule has 10 heteroatoms. The summed E-state index contributed by atoms with van der Waals surface area (Å²) in [4.78, 5) is 34.0. The number of fused-ring (bicyclic) bond motifs is 1. The van der Waals surface area contributed by atoms with Crippen LogP contribution in [0.4, 0.5) is 11.5 Å². The Bertz CT molecular complexity index is 1820. The summed E-state index contributed by atoms with van der Waals surface area (Å²) in [7, 11) is 0. The van der Waals surface area contributed by atoms with Gasteiger partial charge in [0.2, 0.25) is 5.91 Å². The van der Waals surface area contributed by atoms with Crippen LogP contribution in [0.1, 0.15) is 38.2 Å². The zero-order chi connectivity index (χ0) is 30.3. The van der Waals surface area contributed by atoms with E-state index < -0.39 is 0 Å². The smallest absolute Gasteiger partial charge is 0.222 e. The molecule has 1 amide bonds. The number of nitrogens with one attached hydrogen (secondary N) is 1. The second-order valence-electron chi connectivity index (χ2n) is 11.6. The maximum Gasteiger partial charge on any atom is 0.222 e. The number of anilines is 2. The number of carbonyl (C=O) groups excluding carboxylic acids is 1. The lowest BCUT2D eigenvalue weighted by molar-refractivity contribution is -0.131. The van der Waals surface area contributed by atoms with Crippen molar-refractivity contribution < 1.29 is 4.79 Å². The van der Waals surface area contributed by atoms with E-state index in [4.69, 9.17) is 27.5 Å². The molecule has 224 valence electrons. The summed E-state index contributed by atoms with van der Waals surface area (Å²) in [5, 5.41) is 0. The lowest BCUT2D eigenvalue weighted by atomic mass is 9.73. The second-order valence-corrected chi connectivity index (χ2v) is 11.8. The molecule has 2 aliphatic rings. The molecule has 44 heavy (non-hydrogen) atoms. The van der Waals surface area contributed by atoms with Crippen LogP contribution in [0.15, 0.2) is 79.0 Å². The molecule has 0 atom stereocenters. The third kappa shape index (κ3) is 4.96. The molecule has 3 aromatic heterocycles. The van der Waals surface area contributed by atoms with Crippen molar-refractivity contribution in [2.75, 3.05) is 36.8 Å². The van der Waals surface area contributed by atoms with E-state index in [9.17, 15) is 4.79 Å². The average molecular weight is 607 g/mol. The molecule has 2 fully saturated rings. The molecule has 0 radical (unpaired) electrons. The lowest BCUT2D eigenvalue weighted by Crippen LogP contribution is -2.48. The van der Waals surface area contributed by atoms with Crippen molar-refractivity contribution in [1.82, 2.24) is 29.3 Å². The molecule has 3 N–H and O–H groups in total. The minimum absolute atomic E-state index is 0.178. The molecular weight excluding hydrogens is 572 g/mol. The number of carbonyl (C=O) groups is 1. The van der Waals surface area contributed by atoms with E-state index in [1.165, 1.54) is 5.56 Å². The van der Waals surface area contributed by atoms with Gasteiger partial charge in [0.25, 0.3) is 0 Å². The zero-order valence-electron chi connectivity index (χ0n) is 24.7. The van der Waals surface area contributed by atoms with Gasteiger partial charge in [-0.25, -0.2) is 19.8 Å². The fourth-order valence-electron chi connectivity index (χ4n) is 6.35. The molecule has 0 spiro atoms. The van der Waals surface area contributed by atoms with Crippen molar-refractivity contribution in [2.45, 2.75) is 38.1 Å². The highest BCUT2D eigenvalue weighted by atomic mass is 35.5. The third-order valence-electron chi connectivity index (χ3n) is 9.09. The van der Waals surface area contributed by atoms with Crippen molar-refractivity contribution in [1.29, 1.82) is 0 Å². The van der Waals surface area contributed by atoms with Crippen LogP contribution in [0.3, 0.4) is 0 Å². The van der Waals surface area contributed by atoms with Crippen molar-refractivity contribution >= 4 is 40.4 Å². The van der Waals surface area contributed by atoms with E-state index in [1.54, 1.807) is 6.20 Å². The number of rotatable bonds is 7. The van der Waals surface area contributed by atoms with Gasteiger partial charge in [-0.05, 0) is 85.1 Å². The maximum absolute atomic E-state index is 12.2. The van der Waals surface area contributed by atoms with Gasteiger partial charge in [0.05, 0.1) is 16.8 Å². The van der Waals surface area contributed by atoms with Gasteiger partial charge in [-0.15, -0.1) is 0 Å². The van der Waals surface area contributed by atoms with Crippen LogP contribution in [0.5, 0.6) is 0 Å². The van der Waals surface area contributed by atoms with E-state index in [2.05, 4.69) is 67.8 Å². The van der Waals surface area contributed by atoms with Crippen LogP contribution < -0.4 is 15.5 Å². The molecule has 1 aliphatic heterocycles. The molecule has 1 saturated carbocycles. The van der Waals surface area contributed by atoms with E-state index >= 15 is 0 Å². The summed E-state index contributed by atoms with van der Waals surface area (Å²) in [5.41, 5.74) is 13.5. The molecular formula is C34H35ClN8O. The average Bonchev–Trinajstić information content (AvgIpc) is 3.43. The van der Waals surface area contributed by atoms with Crippen LogP contribution in [-0.4, -0.2) is 56.5 Å². The zero-order valence-corrected chi connectivity index (χ0v) is 25.5. The lowest BCUT2D eigenvalue weighted by Gasteiger charge is -2.41. The Morgan fingerprint density at radius 1 is 0.955 bits per heavy atom. The normalized spacial score (nSPS) is 16.2. The number of aromatic nitrogens is 4. The van der Waals surface area contributed by atoms with Gasteiger partial charge in [-0.1, -0.05) is 31.2 Å². The predicted octanol–water partition coefficient (Wildman–Crippen LogP) is 5.91. The number of piperazine rings is 1. The molecule has 1 aliphatic carbocycles. The first-order valence-corrected chi connectivity index (χ1v) is 15.6. The monoisotopic (exact) mass is 606 g/mol. The fourth-order valence-corrected chi connectivity index (χ4v) is 6.65. The van der Waals surface area contributed by atoms with Gasteiger partial charge in [0.1, 0.15) is 11.3 Å². The van der Waals surface area contributed by atoms with Crippen molar-refractivity contribution in [3.63, 3.8) is 0 Å². The minimum Gasteiger partial charge on any atom is -0.383 e. The Labute approximate surface area is 261 Å². The van der Waals surface area contributed by atoms with Crippen LogP contribution >= 0.6 is 11.8 Å². The van der Waals surface area contributed by atoms with Crippen LogP contribution in [0, 0.1) is 0 Å². The standard InChI is InChI=1S/C34H35ClN8O/c1-2-30(44)42-20-18-41(19-21-42)26-7-3-6-23(22-26)28-13-14-29-33(38-28)43(32(39-29)27-8-4-17-37-31(27)36)25-11-9-24(10-12-25)34(40-35)15-5-16-34/h3-4,6-14,17,22,40H,2,5,15-16,18-21H2,1H3,(H2,36,37). The predicted molar refractivity (Wildman–Crippen MR) is 176 cm³/mol. The van der Waals surface area contributed by atoms with Crippen LogP contribution in [0.2, 0.25) is 0 Å². The number of benzene rings is 2. The van der Waals surface area contributed by atoms with E-state index in [0.29, 0.717) is 18.1 Å². The molecule has 5 aromatic rings. The summed E-state index contributed by atoms with van der Waals surface area (Å²) in [5.74, 6) is 1.31. The first-order valence-electron chi connectivity index (χ1n) is 15.2. The van der Waals surface area contributed by atoms with Crippen LogP contribution in [0.25, 0.3) is 39.5 Å². The Balaban J connectivity index is 1.28. The number of imidazole rings is 1. The van der Waals surface area contributed by atoms with Gasteiger partial charge in [-0.2, -0.15) is 0 Å². The van der Waals surface area contributed by atoms with Crippen molar-refractivity contribution in [3.8, 4) is 28.3 Å². The van der Waals surface area contributed by atoms with Crippen molar-refractivity contribution in [3.05, 3.63) is 84.6 Å². The van der Waals surface area contributed by atoms with Crippen LogP contribution in [-0.2, 0) is 10.3 Å². The first-order chi connectivity index (χ1) is 21.5. The first kappa shape index (κ1) is 28.3. The van der Waals surface area contributed by atoms with E-state index in [1.807, 2.05) is 36.1 Å². The Morgan fingerprint density at radius 3 is 2.43 bits per heavy atom. The quantitative estimate of drug-likeness (QED) is 0.222. The summed E-state index contributed by atoms with van der Waals surface area (Å²) in [6, 6.07) is 24.7. The summed E-state index contributed by atoms with van der Waals surface area (Å²) in [6.07, 6.45) is 5.41. The number of pyridine rings is 2. The van der Waals surface area contributed by atoms with Gasteiger partial charge >= 0.3 is 0 Å². The second kappa shape index (κ2) is 11.6. The Morgan fingerprint density at radius 2 is 1.75 bits per heavy atom. The van der Waals surface area contributed by atoms with E-state index in [0.717, 1.165) is 84.8 Å².